The highest BCUT2D eigenvalue weighted by Gasteiger charge is 2.03. The summed E-state index contributed by atoms with van der Waals surface area (Å²) in [4.78, 5) is 8.32. The highest BCUT2D eigenvalue weighted by Crippen LogP contribution is 2.13. The first-order chi connectivity index (χ1) is 6.29. The van der Waals surface area contributed by atoms with Crippen molar-refractivity contribution in [2.75, 3.05) is 6.54 Å². The Labute approximate surface area is 75.8 Å². The third kappa shape index (κ3) is 1.53. The van der Waals surface area contributed by atoms with Crippen molar-refractivity contribution in [2.45, 2.75) is 13.3 Å². The standard InChI is InChI=1S/C9H11N3O/c1-6-12-8-4-7(2-3-10)5-11-9(8)13-6/h4-5H,2-3,10H2,1H3. The Kier molecular flexibility index (Phi) is 1.98. The first kappa shape index (κ1) is 8.19. The van der Waals surface area contributed by atoms with E-state index < -0.39 is 0 Å². The maximum Gasteiger partial charge on any atom is 0.246 e. The summed E-state index contributed by atoms with van der Waals surface area (Å²) >= 11 is 0. The van der Waals surface area contributed by atoms with E-state index in [4.69, 9.17) is 10.2 Å². The smallest absolute Gasteiger partial charge is 0.246 e. The lowest BCUT2D eigenvalue weighted by Gasteiger charge is -1.94. The molecule has 0 saturated carbocycles. The minimum Gasteiger partial charge on any atom is -0.423 e. The quantitative estimate of drug-likeness (QED) is 0.744. The van der Waals surface area contributed by atoms with Gasteiger partial charge in [0.15, 0.2) is 5.89 Å². The number of oxazole rings is 1. The molecule has 0 amide bonds. The van der Waals surface area contributed by atoms with E-state index in [1.54, 1.807) is 6.20 Å². The maximum atomic E-state index is 5.44. The van der Waals surface area contributed by atoms with E-state index in [0.29, 0.717) is 18.1 Å². The van der Waals surface area contributed by atoms with Gasteiger partial charge in [0.2, 0.25) is 5.71 Å². The number of nitrogens with zero attached hydrogens (tertiary/aromatic N) is 2. The van der Waals surface area contributed by atoms with Crippen LogP contribution in [0.2, 0.25) is 0 Å². The monoisotopic (exact) mass is 177 g/mol. The molecule has 2 aromatic heterocycles. The molecule has 0 aliphatic heterocycles. The van der Waals surface area contributed by atoms with Crippen LogP contribution < -0.4 is 5.73 Å². The molecule has 0 spiro atoms. The number of aryl methyl sites for hydroxylation is 1. The van der Waals surface area contributed by atoms with Gasteiger partial charge in [0.1, 0.15) is 5.52 Å². The Morgan fingerprint density at radius 1 is 1.54 bits per heavy atom. The molecule has 0 unspecified atom stereocenters. The SMILES string of the molecule is Cc1nc2cc(CCN)cnc2o1. The van der Waals surface area contributed by atoms with E-state index in [-0.39, 0.29) is 0 Å². The zero-order valence-corrected chi connectivity index (χ0v) is 7.45. The predicted octanol–water partition coefficient (Wildman–Crippen LogP) is 1.03. The summed E-state index contributed by atoms with van der Waals surface area (Å²) in [6.07, 6.45) is 2.61. The van der Waals surface area contributed by atoms with Crippen molar-refractivity contribution in [3.8, 4) is 0 Å². The van der Waals surface area contributed by atoms with Gasteiger partial charge in [0, 0.05) is 13.1 Å². The van der Waals surface area contributed by atoms with Crippen molar-refractivity contribution in [1.29, 1.82) is 0 Å². The van der Waals surface area contributed by atoms with Gasteiger partial charge in [-0.05, 0) is 24.6 Å². The van der Waals surface area contributed by atoms with E-state index in [1.807, 2.05) is 13.0 Å². The van der Waals surface area contributed by atoms with Gasteiger partial charge in [-0.25, -0.2) is 9.97 Å². The van der Waals surface area contributed by atoms with Crippen LogP contribution in [0, 0.1) is 6.92 Å². The summed E-state index contributed by atoms with van der Waals surface area (Å²) in [6.45, 7) is 2.44. The Balaban J connectivity index is 2.48. The van der Waals surface area contributed by atoms with Crippen LogP contribution >= 0.6 is 0 Å². The van der Waals surface area contributed by atoms with E-state index in [9.17, 15) is 0 Å². The lowest BCUT2D eigenvalue weighted by atomic mass is 10.2. The molecule has 13 heavy (non-hydrogen) atoms. The molecule has 68 valence electrons. The van der Waals surface area contributed by atoms with Crippen molar-refractivity contribution in [2.24, 2.45) is 5.73 Å². The van der Waals surface area contributed by atoms with E-state index in [0.717, 1.165) is 17.5 Å². The Morgan fingerprint density at radius 3 is 3.15 bits per heavy atom. The van der Waals surface area contributed by atoms with Crippen molar-refractivity contribution < 1.29 is 4.42 Å². The second-order valence-corrected chi connectivity index (χ2v) is 2.94. The number of pyridine rings is 1. The van der Waals surface area contributed by atoms with Crippen molar-refractivity contribution in [3.05, 3.63) is 23.7 Å². The number of aromatic nitrogens is 2. The Morgan fingerprint density at radius 2 is 2.38 bits per heavy atom. The van der Waals surface area contributed by atoms with Crippen molar-refractivity contribution in [1.82, 2.24) is 9.97 Å². The number of fused-ring (bicyclic) bond motifs is 1. The molecule has 0 aliphatic carbocycles. The molecule has 0 bridgehead atoms. The highest BCUT2D eigenvalue weighted by atomic mass is 16.4. The number of hydrogen-bond acceptors (Lipinski definition) is 4. The van der Waals surface area contributed by atoms with Gasteiger partial charge in [-0.15, -0.1) is 0 Å². The summed E-state index contributed by atoms with van der Waals surface area (Å²) in [5, 5.41) is 0. The van der Waals surface area contributed by atoms with Gasteiger partial charge in [-0.2, -0.15) is 0 Å². The summed E-state index contributed by atoms with van der Waals surface area (Å²) in [7, 11) is 0. The molecular formula is C9H11N3O. The predicted molar refractivity (Wildman–Crippen MR) is 49.3 cm³/mol. The van der Waals surface area contributed by atoms with Gasteiger partial charge in [0.05, 0.1) is 0 Å². The normalized spacial score (nSPS) is 10.9. The fourth-order valence-electron chi connectivity index (χ4n) is 1.28. The van der Waals surface area contributed by atoms with Crippen LogP contribution in [0.15, 0.2) is 16.7 Å². The molecule has 2 N–H and O–H groups in total. The van der Waals surface area contributed by atoms with Crippen molar-refractivity contribution in [3.63, 3.8) is 0 Å². The first-order valence-electron chi connectivity index (χ1n) is 4.22. The van der Waals surface area contributed by atoms with Crippen LogP contribution in [0.5, 0.6) is 0 Å². The molecule has 4 nitrogen and oxygen atoms in total. The zero-order chi connectivity index (χ0) is 9.26. The molecule has 2 rings (SSSR count). The molecular weight excluding hydrogens is 166 g/mol. The molecule has 0 fully saturated rings. The minimum atomic E-state index is 0.596. The second-order valence-electron chi connectivity index (χ2n) is 2.94. The van der Waals surface area contributed by atoms with Crippen LogP contribution in [-0.4, -0.2) is 16.5 Å². The van der Waals surface area contributed by atoms with Gasteiger partial charge >= 0.3 is 0 Å². The molecule has 2 aromatic rings. The van der Waals surface area contributed by atoms with E-state index in [1.165, 1.54) is 0 Å². The van der Waals surface area contributed by atoms with Crippen molar-refractivity contribution >= 4 is 11.2 Å². The third-order valence-electron chi connectivity index (χ3n) is 1.84. The molecule has 4 heteroatoms. The molecule has 0 radical (unpaired) electrons. The van der Waals surface area contributed by atoms with Gasteiger partial charge in [-0.1, -0.05) is 0 Å². The molecule has 0 aliphatic rings. The average Bonchev–Trinajstić information content (AvgIpc) is 2.44. The number of nitrogens with two attached hydrogens (primary N) is 1. The average molecular weight is 177 g/mol. The third-order valence-corrected chi connectivity index (χ3v) is 1.84. The Bertz CT molecular complexity index is 422. The zero-order valence-electron chi connectivity index (χ0n) is 7.45. The summed E-state index contributed by atoms with van der Waals surface area (Å²) in [5.41, 5.74) is 7.94. The summed E-state index contributed by atoms with van der Waals surface area (Å²) in [6, 6.07) is 1.96. The topological polar surface area (TPSA) is 64.9 Å². The number of hydrogen-bond donors (Lipinski definition) is 1. The van der Waals surface area contributed by atoms with Crippen LogP contribution in [0.1, 0.15) is 11.5 Å². The molecule has 2 heterocycles. The molecule has 0 aromatic carbocycles. The van der Waals surface area contributed by atoms with E-state index >= 15 is 0 Å². The van der Waals surface area contributed by atoms with E-state index in [2.05, 4.69) is 9.97 Å². The Hall–Kier alpha value is -1.42. The minimum absolute atomic E-state index is 0.596. The fraction of sp³-hybridized carbons (Fsp3) is 0.333. The lowest BCUT2D eigenvalue weighted by Crippen LogP contribution is -2.02. The summed E-state index contributed by atoms with van der Waals surface area (Å²) in [5.74, 6) is 0.646. The molecule has 0 saturated heterocycles. The maximum absolute atomic E-state index is 5.44. The van der Waals surface area contributed by atoms with Gasteiger partial charge in [0.25, 0.3) is 0 Å². The van der Waals surface area contributed by atoms with Crippen LogP contribution in [0.4, 0.5) is 0 Å². The van der Waals surface area contributed by atoms with Crippen LogP contribution in [0.3, 0.4) is 0 Å². The highest BCUT2D eigenvalue weighted by molar-refractivity contribution is 5.68. The number of rotatable bonds is 2. The fourth-order valence-corrected chi connectivity index (χ4v) is 1.28. The summed E-state index contributed by atoms with van der Waals surface area (Å²) < 4.78 is 5.25. The first-order valence-corrected chi connectivity index (χ1v) is 4.22. The lowest BCUT2D eigenvalue weighted by molar-refractivity contribution is 0.551. The van der Waals surface area contributed by atoms with Gasteiger partial charge in [-0.3, -0.25) is 0 Å². The van der Waals surface area contributed by atoms with Crippen LogP contribution in [-0.2, 0) is 6.42 Å². The molecule has 0 atom stereocenters. The second kappa shape index (κ2) is 3.14. The van der Waals surface area contributed by atoms with Gasteiger partial charge < -0.3 is 10.2 Å². The largest absolute Gasteiger partial charge is 0.423 e. The van der Waals surface area contributed by atoms with Crippen LogP contribution in [0.25, 0.3) is 11.2 Å².